The van der Waals surface area contributed by atoms with Gasteiger partial charge in [0.2, 0.25) is 0 Å². The second-order valence-electron chi connectivity index (χ2n) is 5.11. The summed E-state index contributed by atoms with van der Waals surface area (Å²) >= 11 is 1.20. The van der Waals surface area contributed by atoms with E-state index in [-0.39, 0.29) is 5.82 Å². The molecule has 2 aromatic heterocycles. The van der Waals surface area contributed by atoms with Crippen LogP contribution in [0.15, 0.2) is 48.7 Å². The van der Waals surface area contributed by atoms with Crippen LogP contribution in [0.25, 0.3) is 10.6 Å². The summed E-state index contributed by atoms with van der Waals surface area (Å²) < 4.78 is 20.1. The van der Waals surface area contributed by atoms with Crippen LogP contribution in [0.5, 0.6) is 0 Å². The van der Waals surface area contributed by atoms with Crippen LogP contribution in [0.2, 0.25) is 0 Å². The zero-order chi connectivity index (χ0) is 16.9. The first-order valence-corrected chi connectivity index (χ1v) is 8.12. The lowest BCUT2D eigenvalue weighted by atomic mass is 10.2. The summed E-state index contributed by atoms with van der Waals surface area (Å²) in [6.07, 6.45) is 1.83. The van der Waals surface area contributed by atoms with Crippen molar-refractivity contribution in [1.82, 2.24) is 9.78 Å². The molecule has 1 N–H and O–H groups in total. The highest BCUT2D eigenvalue weighted by molar-refractivity contribution is 7.17. The maximum absolute atomic E-state index is 12.8. The van der Waals surface area contributed by atoms with E-state index in [1.807, 2.05) is 12.3 Å². The van der Waals surface area contributed by atoms with Gasteiger partial charge in [0.25, 0.3) is 0 Å². The SMILES string of the molecule is O=C(O)c1ccc(-c2ccn(CCOCc3ccc(F)cc3)n2)s1. The molecule has 5 nitrogen and oxygen atoms in total. The number of ether oxygens (including phenoxy) is 1. The topological polar surface area (TPSA) is 64.3 Å². The number of aromatic carboxylic acids is 1. The summed E-state index contributed by atoms with van der Waals surface area (Å²) in [5.74, 6) is -1.19. The molecule has 7 heteroatoms. The summed E-state index contributed by atoms with van der Waals surface area (Å²) in [6, 6.07) is 11.4. The van der Waals surface area contributed by atoms with Crippen LogP contribution in [-0.2, 0) is 17.9 Å². The number of benzene rings is 1. The number of carbonyl (C=O) groups is 1. The first kappa shape index (κ1) is 16.4. The molecule has 0 saturated heterocycles. The molecule has 0 bridgehead atoms. The number of carboxylic acids is 1. The molecule has 0 radical (unpaired) electrons. The van der Waals surface area contributed by atoms with E-state index < -0.39 is 5.97 Å². The number of aromatic nitrogens is 2. The second-order valence-corrected chi connectivity index (χ2v) is 6.20. The van der Waals surface area contributed by atoms with Gasteiger partial charge in [0.05, 0.1) is 24.6 Å². The Kier molecular flexibility index (Phi) is 5.02. The molecule has 0 aliphatic rings. The lowest BCUT2D eigenvalue weighted by molar-refractivity contribution is 0.0702. The maximum Gasteiger partial charge on any atom is 0.345 e. The normalized spacial score (nSPS) is 10.9. The Bertz CT molecular complexity index is 826. The molecule has 124 valence electrons. The van der Waals surface area contributed by atoms with Gasteiger partial charge < -0.3 is 9.84 Å². The molecule has 1 aromatic carbocycles. The molecule has 0 atom stereocenters. The predicted octanol–water partition coefficient (Wildman–Crippen LogP) is 3.67. The summed E-state index contributed by atoms with van der Waals surface area (Å²) in [5, 5.41) is 13.4. The lowest BCUT2D eigenvalue weighted by Crippen LogP contribution is -2.06. The molecular formula is C17H15FN2O3S. The molecular weight excluding hydrogens is 331 g/mol. The molecule has 0 aliphatic carbocycles. The summed E-state index contributed by atoms with van der Waals surface area (Å²) in [7, 11) is 0. The molecule has 0 saturated carbocycles. The number of carboxylic acid groups (broad SMARTS) is 1. The van der Waals surface area contributed by atoms with Crippen LogP contribution in [0.1, 0.15) is 15.2 Å². The fraction of sp³-hybridized carbons (Fsp3) is 0.176. The third-order valence-corrected chi connectivity index (χ3v) is 4.45. The Hall–Kier alpha value is -2.51. The van der Waals surface area contributed by atoms with Crippen molar-refractivity contribution in [3.63, 3.8) is 0 Å². The van der Waals surface area contributed by atoms with Crippen LogP contribution in [-0.4, -0.2) is 27.5 Å². The standard InChI is InChI=1S/C17H15FN2O3S/c18-13-3-1-12(2-4-13)11-23-10-9-20-8-7-14(19-20)15-5-6-16(24-15)17(21)22/h1-8H,9-11H2,(H,21,22). The minimum absolute atomic E-state index is 0.262. The van der Waals surface area contributed by atoms with E-state index in [2.05, 4.69) is 5.10 Å². The molecule has 3 aromatic rings. The monoisotopic (exact) mass is 346 g/mol. The zero-order valence-corrected chi connectivity index (χ0v) is 13.5. The average molecular weight is 346 g/mol. The van der Waals surface area contributed by atoms with Crippen LogP contribution in [0, 0.1) is 5.82 Å². The molecule has 2 heterocycles. The van der Waals surface area contributed by atoms with E-state index >= 15 is 0 Å². The van der Waals surface area contributed by atoms with Gasteiger partial charge in [-0.3, -0.25) is 4.68 Å². The van der Waals surface area contributed by atoms with Gasteiger partial charge in [-0.1, -0.05) is 12.1 Å². The number of nitrogens with zero attached hydrogens (tertiary/aromatic N) is 2. The van der Waals surface area contributed by atoms with Gasteiger partial charge in [-0.25, -0.2) is 9.18 Å². The van der Waals surface area contributed by atoms with Crippen molar-refractivity contribution < 1.29 is 19.0 Å². The van der Waals surface area contributed by atoms with Gasteiger partial charge >= 0.3 is 5.97 Å². The van der Waals surface area contributed by atoms with Crippen molar-refractivity contribution in [2.24, 2.45) is 0 Å². The van der Waals surface area contributed by atoms with Crippen molar-refractivity contribution in [3.05, 3.63) is 64.9 Å². The predicted molar refractivity (Wildman–Crippen MR) is 88.6 cm³/mol. The molecule has 0 aliphatic heterocycles. The van der Waals surface area contributed by atoms with Gasteiger partial charge in [-0.2, -0.15) is 5.10 Å². The number of hydrogen-bond acceptors (Lipinski definition) is 4. The number of rotatable bonds is 7. The minimum atomic E-state index is -0.931. The van der Waals surface area contributed by atoms with Crippen LogP contribution >= 0.6 is 11.3 Å². The van der Waals surface area contributed by atoms with Crippen LogP contribution in [0.3, 0.4) is 0 Å². The zero-order valence-electron chi connectivity index (χ0n) is 12.7. The van der Waals surface area contributed by atoms with Crippen molar-refractivity contribution in [3.8, 4) is 10.6 Å². The summed E-state index contributed by atoms with van der Waals surface area (Å²) in [6.45, 7) is 1.48. The molecule has 3 rings (SSSR count). The highest BCUT2D eigenvalue weighted by Gasteiger charge is 2.10. The van der Waals surface area contributed by atoms with E-state index in [4.69, 9.17) is 9.84 Å². The highest BCUT2D eigenvalue weighted by Crippen LogP contribution is 2.26. The summed E-state index contributed by atoms with van der Waals surface area (Å²) in [4.78, 5) is 12.0. The van der Waals surface area contributed by atoms with Gasteiger partial charge in [0.15, 0.2) is 0 Å². The van der Waals surface area contributed by atoms with E-state index in [1.54, 1.807) is 28.9 Å². The van der Waals surface area contributed by atoms with Crippen molar-refractivity contribution in [2.45, 2.75) is 13.2 Å². The van der Waals surface area contributed by atoms with E-state index in [1.165, 1.54) is 23.5 Å². The Morgan fingerprint density at radius 1 is 1.21 bits per heavy atom. The van der Waals surface area contributed by atoms with Gasteiger partial charge in [-0.05, 0) is 35.9 Å². The van der Waals surface area contributed by atoms with Crippen molar-refractivity contribution in [2.75, 3.05) is 6.61 Å². The minimum Gasteiger partial charge on any atom is -0.477 e. The van der Waals surface area contributed by atoms with Gasteiger partial charge in [-0.15, -0.1) is 11.3 Å². The summed E-state index contributed by atoms with van der Waals surface area (Å²) in [5.41, 5.74) is 1.66. The molecule has 0 fully saturated rings. The molecule has 0 unspecified atom stereocenters. The fourth-order valence-electron chi connectivity index (χ4n) is 2.14. The maximum atomic E-state index is 12.8. The quantitative estimate of drug-likeness (QED) is 0.663. The third-order valence-electron chi connectivity index (χ3n) is 3.36. The molecule has 0 amide bonds. The lowest BCUT2D eigenvalue weighted by Gasteiger charge is -2.04. The number of halogens is 1. The third kappa shape index (κ3) is 4.06. The highest BCUT2D eigenvalue weighted by atomic mass is 32.1. The van der Waals surface area contributed by atoms with Crippen LogP contribution < -0.4 is 0 Å². The Morgan fingerprint density at radius 3 is 2.71 bits per heavy atom. The van der Waals surface area contributed by atoms with E-state index in [0.717, 1.165) is 16.1 Å². The smallest absolute Gasteiger partial charge is 0.345 e. The van der Waals surface area contributed by atoms with Gasteiger partial charge in [0.1, 0.15) is 16.4 Å². The molecule has 0 spiro atoms. The Labute approximate surface area is 141 Å². The first-order chi connectivity index (χ1) is 11.6. The largest absolute Gasteiger partial charge is 0.477 e. The van der Waals surface area contributed by atoms with E-state index in [9.17, 15) is 9.18 Å². The number of thiophene rings is 1. The first-order valence-electron chi connectivity index (χ1n) is 7.31. The van der Waals surface area contributed by atoms with Crippen molar-refractivity contribution >= 4 is 17.3 Å². The van der Waals surface area contributed by atoms with Crippen LogP contribution in [0.4, 0.5) is 4.39 Å². The number of hydrogen-bond donors (Lipinski definition) is 1. The average Bonchev–Trinajstić information content (AvgIpc) is 3.22. The Morgan fingerprint density at radius 2 is 2.00 bits per heavy atom. The molecule has 24 heavy (non-hydrogen) atoms. The van der Waals surface area contributed by atoms with E-state index in [0.29, 0.717) is 24.6 Å². The van der Waals surface area contributed by atoms with Crippen molar-refractivity contribution in [1.29, 1.82) is 0 Å². The Balaban J connectivity index is 1.50. The second kappa shape index (κ2) is 7.37. The fourth-order valence-corrected chi connectivity index (χ4v) is 2.95. The van der Waals surface area contributed by atoms with Gasteiger partial charge in [0, 0.05) is 6.20 Å².